The van der Waals surface area contributed by atoms with Crippen molar-refractivity contribution in [1.29, 1.82) is 0 Å². The minimum atomic E-state index is -1.13. The number of rotatable bonds is 43. The van der Waals surface area contributed by atoms with E-state index in [0.29, 0.717) is 12.8 Å². The maximum Gasteiger partial charge on any atom is 0.306 e. The molecule has 0 aliphatic carbocycles. The predicted molar refractivity (Wildman–Crippen MR) is 245 cm³/mol. The van der Waals surface area contributed by atoms with Gasteiger partial charge in [-0.1, -0.05) is 165 Å². The summed E-state index contributed by atoms with van der Waals surface area (Å²) in [5.41, 5.74) is 0. The van der Waals surface area contributed by atoms with Crippen molar-refractivity contribution in [1.82, 2.24) is 0 Å². The van der Waals surface area contributed by atoms with Crippen LogP contribution in [0.25, 0.3) is 0 Å². The molecule has 0 N–H and O–H groups in total. The van der Waals surface area contributed by atoms with Crippen LogP contribution in [-0.4, -0.2) is 75.5 Å². The Balaban J connectivity index is 4.38. The fourth-order valence-electron chi connectivity index (χ4n) is 6.91. The van der Waals surface area contributed by atoms with E-state index < -0.39 is 18.1 Å². The summed E-state index contributed by atoms with van der Waals surface area (Å²) in [5.74, 6) is -1.81. The van der Waals surface area contributed by atoms with Gasteiger partial charge in [0.05, 0.1) is 40.3 Å². The van der Waals surface area contributed by atoms with Crippen LogP contribution in [0.15, 0.2) is 48.6 Å². The van der Waals surface area contributed by atoms with Crippen molar-refractivity contribution in [2.75, 3.05) is 41.0 Å². The van der Waals surface area contributed by atoms with Crippen molar-refractivity contribution in [3.05, 3.63) is 48.6 Å². The number of nitrogens with zero attached hydrogens (tertiary/aromatic N) is 1. The maximum absolute atomic E-state index is 12.7. The number of hydrogen-bond donors (Lipinski definition) is 0. The molecule has 8 nitrogen and oxygen atoms in total. The zero-order valence-electron chi connectivity index (χ0n) is 38.9. The van der Waals surface area contributed by atoms with Crippen molar-refractivity contribution in [3.8, 4) is 0 Å². The van der Waals surface area contributed by atoms with E-state index in [1.54, 1.807) is 21.1 Å². The first-order valence-electron chi connectivity index (χ1n) is 24.2. The highest BCUT2D eigenvalue weighted by atomic mass is 16.6. The van der Waals surface area contributed by atoms with Crippen molar-refractivity contribution in [2.24, 2.45) is 0 Å². The van der Waals surface area contributed by atoms with E-state index in [2.05, 4.69) is 62.5 Å². The molecule has 342 valence electrons. The predicted octanol–water partition coefficient (Wildman–Crippen LogP) is 12.3. The summed E-state index contributed by atoms with van der Waals surface area (Å²) in [6, 6.07) is -0.736. The van der Waals surface area contributed by atoms with Gasteiger partial charge < -0.3 is 28.6 Å². The normalized spacial score (nSPS) is 13.3. The molecule has 2 atom stereocenters. The number of allylic oxidation sites excluding steroid dienone is 8. The molecule has 0 spiro atoms. The number of esters is 2. The van der Waals surface area contributed by atoms with Crippen molar-refractivity contribution >= 4 is 17.9 Å². The van der Waals surface area contributed by atoms with Crippen LogP contribution in [0.5, 0.6) is 0 Å². The number of hydrogen-bond acceptors (Lipinski definition) is 7. The lowest BCUT2D eigenvalue weighted by Crippen LogP contribution is -2.55. The van der Waals surface area contributed by atoms with Gasteiger partial charge in [0.1, 0.15) is 12.6 Å². The van der Waals surface area contributed by atoms with E-state index in [1.165, 1.54) is 116 Å². The van der Waals surface area contributed by atoms with Gasteiger partial charge in [0.15, 0.2) is 6.10 Å². The van der Waals surface area contributed by atoms with Crippen LogP contribution < -0.4 is 5.11 Å². The van der Waals surface area contributed by atoms with Crippen LogP contribution in [0.3, 0.4) is 0 Å². The molecule has 0 aromatic heterocycles. The molecule has 8 heteroatoms. The molecular formula is C51H91NO7. The summed E-state index contributed by atoms with van der Waals surface area (Å²) in [6.45, 7) is 4.60. The smallest absolute Gasteiger partial charge is 0.306 e. The third-order valence-electron chi connectivity index (χ3n) is 10.7. The quantitative estimate of drug-likeness (QED) is 0.0261. The Hall–Kier alpha value is -2.71. The molecular weight excluding hydrogens is 739 g/mol. The number of ether oxygens (including phenoxy) is 3. The monoisotopic (exact) mass is 830 g/mol. The molecule has 0 rings (SSSR count). The fraction of sp³-hybridized carbons (Fsp3) is 0.784. The van der Waals surface area contributed by atoms with Crippen LogP contribution >= 0.6 is 0 Å². The van der Waals surface area contributed by atoms with Gasteiger partial charge in [0.25, 0.3) is 0 Å². The second-order valence-corrected chi connectivity index (χ2v) is 17.3. The Labute approximate surface area is 363 Å². The fourth-order valence-corrected chi connectivity index (χ4v) is 6.91. The first-order valence-corrected chi connectivity index (χ1v) is 24.2. The number of carbonyl (C=O) groups excluding carboxylic acids is 3. The van der Waals surface area contributed by atoms with Crippen molar-refractivity contribution in [2.45, 2.75) is 219 Å². The standard InChI is InChI=1S/C51H91NO7/c1-6-8-10-12-14-16-18-20-22-24-26-27-29-31-33-35-37-39-41-49(53)58-46-47(45-57-44-43-48(51(55)56)52(3,4)5)59-50(54)42-40-38-36-34-32-30-28-25-23-21-19-17-15-13-11-9-7-2/h21,23,26-28,30,34,36,47-48H,6-20,22,24-25,29,31-33,35,37-46H2,1-5H3/b23-21+,27-26+,30-28+,36-34+. The van der Waals surface area contributed by atoms with Crippen LogP contribution in [0.4, 0.5) is 0 Å². The van der Waals surface area contributed by atoms with E-state index in [0.717, 1.165) is 51.4 Å². The van der Waals surface area contributed by atoms with Gasteiger partial charge >= 0.3 is 11.9 Å². The van der Waals surface area contributed by atoms with Gasteiger partial charge in [0.2, 0.25) is 0 Å². The molecule has 0 aromatic rings. The SMILES string of the molecule is CCCCCCCC/C=C/C/C=C/C/C=C/CCCC(=O)OC(COCCC(C(=O)[O-])[N+](C)(C)C)COC(=O)CCCCCCC/C=C/CCCCCCCCCCC. The number of carbonyl (C=O) groups is 3. The lowest BCUT2D eigenvalue weighted by molar-refractivity contribution is -0.889. The number of carboxylic acid groups (broad SMARTS) is 1. The van der Waals surface area contributed by atoms with Crippen LogP contribution in [0.1, 0.15) is 206 Å². The summed E-state index contributed by atoms with van der Waals surface area (Å²) >= 11 is 0. The van der Waals surface area contributed by atoms with E-state index in [9.17, 15) is 19.5 Å². The third-order valence-corrected chi connectivity index (χ3v) is 10.7. The first kappa shape index (κ1) is 56.3. The molecule has 0 aliphatic heterocycles. The van der Waals surface area contributed by atoms with E-state index >= 15 is 0 Å². The molecule has 0 bridgehead atoms. The van der Waals surface area contributed by atoms with Gasteiger partial charge in [-0.2, -0.15) is 0 Å². The number of carboxylic acids is 1. The molecule has 0 amide bonds. The highest BCUT2D eigenvalue weighted by Crippen LogP contribution is 2.14. The van der Waals surface area contributed by atoms with Gasteiger partial charge in [-0.05, 0) is 70.6 Å². The highest BCUT2D eigenvalue weighted by molar-refractivity contribution is 5.70. The number of unbranched alkanes of at least 4 members (excludes halogenated alkanes) is 21. The molecule has 0 fully saturated rings. The van der Waals surface area contributed by atoms with Gasteiger partial charge in [0, 0.05) is 19.3 Å². The lowest BCUT2D eigenvalue weighted by Gasteiger charge is -2.34. The Morgan fingerprint density at radius 1 is 0.508 bits per heavy atom. The number of likely N-dealkylation sites (N-methyl/N-ethyl adjacent to an activating group) is 1. The van der Waals surface area contributed by atoms with E-state index in [1.807, 2.05) is 0 Å². The van der Waals surface area contributed by atoms with Gasteiger partial charge in [-0.25, -0.2) is 0 Å². The molecule has 59 heavy (non-hydrogen) atoms. The summed E-state index contributed by atoms with van der Waals surface area (Å²) in [7, 11) is 5.39. The Morgan fingerprint density at radius 3 is 1.39 bits per heavy atom. The second-order valence-electron chi connectivity index (χ2n) is 17.3. The van der Waals surface area contributed by atoms with Gasteiger partial charge in [-0.3, -0.25) is 9.59 Å². The minimum absolute atomic E-state index is 0.0179. The summed E-state index contributed by atoms with van der Waals surface area (Å²) in [5, 5.41) is 11.6. The molecule has 0 aromatic carbocycles. The van der Waals surface area contributed by atoms with Crippen molar-refractivity contribution < 1.29 is 38.2 Å². The minimum Gasteiger partial charge on any atom is -0.544 e. The topological polar surface area (TPSA) is 102 Å². The number of quaternary nitrogens is 1. The highest BCUT2D eigenvalue weighted by Gasteiger charge is 2.25. The number of aliphatic carboxylic acids is 1. The molecule has 0 saturated carbocycles. The Kier molecular flexibility index (Phi) is 40.1. The zero-order chi connectivity index (χ0) is 43.5. The largest absolute Gasteiger partial charge is 0.544 e. The van der Waals surface area contributed by atoms with Crippen LogP contribution in [0, 0.1) is 0 Å². The maximum atomic E-state index is 12.7. The Morgan fingerprint density at radius 2 is 0.915 bits per heavy atom. The van der Waals surface area contributed by atoms with Crippen LogP contribution in [0.2, 0.25) is 0 Å². The molecule has 2 unspecified atom stereocenters. The van der Waals surface area contributed by atoms with E-state index in [-0.39, 0.29) is 49.1 Å². The lowest BCUT2D eigenvalue weighted by atomic mass is 10.1. The average Bonchev–Trinajstić information content (AvgIpc) is 3.19. The summed E-state index contributed by atoms with van der Waals surface area (Å²) in [6.07, 6.45) is 50.0. The average molecular weight is 830 g/mol. The van der Waals surface area contributed by atoms with Crippen molar-refractivity contribution in [3.63, 3.8) is 0 Å². The molecule has 0 heterocycles. The Bertz CT molecular complexity index is 1110. The second kappa shape index (κ2) is 42.0. The van der Waals surface area contributed by atoms with Crippen LogP contribution in [-0.2, 0) is 28.6 Å². The molecule has 0 aliphatic rings. The third kappa shape index (κ3) is 40.5. The summed E-state index contributed by atoms with van der Waals surface area (Å²) < 4.78 is 17.1. The zero-order valence-corrected chi connectivity index (χ0v) is 38.9. The molecule has 0 saturated heterocycles. The molecule has 0 radical (unpaired) electrons. The van der Waals surface area contributed by atoms with Gasteiger partial charge in [-0.15, -0.1) is 0 Å². The summed E-state index contributed by atoms with van der Waals surface area (Å²) in [4.78, 5) is 36.9. The van der Waals surface area contributed by atoms with E-state index in [4.69, 9.17) is 14.2 Å². The first-order chi connectivity index (χ1) is 28.6.